The van der Waals surface area contributed by atoms with Gasteiger partial charge in [-0.25, -0.2) is 8.42 Å². The topological polar surface area (TPSA) is 65.5 Å². The molecule has 0 unspecified atom stereocenters. The highest BCUT2D eigenvalue weighted by Crippen LogP contribution is 2.29. The third-order valence-corrected chi connectivity index (χ3v) is 3.87. The molecule has 0 aliphatic heterocycles. The van der Waals surface area contributed by atoms with Crippen LogP contribution >= 0.6 is 0 Å². The molecule has 1 rings (SSSR count). The first kappa shape index (κ1) is 18.8. The second-order valence-corrected chi connectivity index (χ2v) is 8.04. The van der Waals surface area contributed by atoms with E-state index in [1.165, 1.54) is 19.2 Å². The Hall–Kier alpha value is -1.28. The summed E-state index contributed by atoms with van der Waals surface area (Å²) in [4.78, 5) is 4.23. The van der Waals surface area contributed by atoms with Crippen LogP contribution in [0.15, 0.2) is 17.2 Å². The summed E-state index contributed by atoms with van der Waals surface area (Å²) in [7, 11) is -3.49. The van der Waals surface area contributed by atoms with Gasteiger partial charge in [-0.15, -0.1) is 0 Å². The van der Waals surface area contributed by atoms with E-state index in [0.29, 0.717) is 5.69 Å². The number of nitrogens with zero attached hydrogens (tertiary/aromatic N) is 1. The van der Waals surface area contributed by atoms with Gasteiger partial charge >= 0.3 is 6.61 Å². The summed E-state index contributed by atoms with van der Waals surface area (Å²) < 4.78 is 57.5. The molecular weight excluding hydrogens is 316 g/mol. The minimum Gasteiger partial charge on any atom is -0.489 e. The lowest BCUT2D eigenvalue weighted by Crippen LogP contribution is -2.22. The quantitative estimate of drug-likeness (QED) is 0.798. The van der Waals surface area contributed by atoms with Crippen molar-refractivity contribution in [1.29, 1.82) is 0 Å². The van der Waals surface area contributed by atoms with Gasteiger partial charge in [-0.05, 0) is 6.92 Å². The molecule has 22 heavy (non-hydrogen) atoms. The molecular formula is C14H21F2NO4S. The molecule has 5 nitrogen and oxygen atoms in total. The Kier molecular flexibility index (Phi) is 5.86. The van der Waals surface area contributed by atoms with Gasteiger partial charge in [-0.3, -0.25) is 4.98 Å². The zero-order valence-electron chi connectivity index (χ0n) is 13.3. The molecule has 0 aliphatic rings. The second-order valence-electron chi connectivity index (χ2n) is 6.06. The van der Waals surface area contributed by atoms with Crippen LogP contribution in [0, 0.1) is 0 Å². The lowest BCUT2D eigenvalue weighted by molar-refractivity contribution is -0.164. The molecule has 0 fully saturated rings. The van der Waals surface area contributed by atoms with Crippen LogP contribution < -0.4 is 4.74 Å². The number of alkyl halides is 2. The number of ether oxygens (including phenoxy) is 2. The molecule has 126 valence electrons. The van der Waals surface area contributed by atoms with Gasteiger partial charge in [-0.1, -0.05) is 20.8 Å². The number of hydrogen-bond acceptors (Lipinski definition) is 5. The Bertz CT molecular complexity index is 612. The highest BCUT2D eigenvalue weighted by molar-refractivity contribution is 7.90. The number of rotatable bonds is 6. The van der Waals surface area contributed by atoms with Crippen molar-refractivity contribution >= 4 is 9.84 Å². The van der Waals surface area contributed by atoms with E-state index in [1.54, 1.807) is 0 Å². The number of aromatic nitrogens is 1. The zero-order chi connectivity index (χ0) is 17.1. The van der Waals surface area contributed by atoms with E-state index < -0.39 is 28.0 Å². The summed E-state index contributed by atoms with van der Waals surface area (Å²) in [6.45, 7) is 3.96. The SMILES string of the molecule is C[C@@H](COc1cnc(C(C)(C)C)c(S(C)(=O)=O)c1)OC(F)F. The fourth-order valence-corrected chi connectivity index (χ4v) is 2.82. The van der Waals surface area contributed by atoms with Gasteiger partial charge in [0.25, 0.3) is 0 Å². The molecule has 0 amide bonds. The van der Waals surface area contributed by atoms with Crippen molar-refractivity contribution in [2.45, 2.75) is 50.7 Å². The first-order valence-corrected chi connectivity index (χ1v) is 8.57. The van der Waals surface area contributed by atoms with Crippen LogP contribution in [0.25, 0.3) is 0 Å². The lowest BCUT2D eigenvalue weighted by atomic mass is 9.91. The Labute approximate surface area is 129 Å². The average Bonchev–Trinajstić information content (AvgIpc) is 2.33. The molecule has 8 heteroatoms. The fourth-order valence-electron chi connectivity index (χ4n) is 1.78. The van der Waals surface area contributed by atoms with Crippen molar-refractivity contribution < 1.29 is 26.7 Å². The molecule has 0 saturated carbocycles. The summed E-state index contributed by atoms with van der Waals surface area (Å²) in [5, 5.41) is 0. The minimum atomic E-state index is -3.49. The van der Waals surface area contributed by atoms with Crippen LogP contribution in [0.3, 0.4) is 0 Å². The first-order chi connectivity index (χ1) is 9.91. The summed E-state index contributed by atoms with van der Waals surface area (Å²) in [6.07, 6.45) is 1.64. The number of pyridine rings is 1. The molecule has 0 saturated heterocycles. The third kappa shape index (κ3) is 5.49. The summed E-state index contributed by atoms with van der Waals surface area (Å²) in [5.74, 6) is 0.193. The number of sulfone groups is 1. The van der Waals surface area contributed by atoms with Crippen molar-refractivity contribution in [3.63, 3.8) is 0 Å². The number of halogens is 2. The van der Waals surface area contributed by atoms with Crippen LogP contribution in [0.1, 0.15) is 33.4 Å². The van der Waals surface area contributed by atoms with Crippen molar-refractivity contribution in [1.82, 2.24) is 4.98 Å². The smallest absolute Gasteiger partial charge is 0.345 e. The molecule has 0 radical (unpaired) electrons. The van der Waals surface area contributed by atoms with Gasteiger partial charge in [-0.2, -0.15) is 8.78 Å². The predicted octanol–water partition coefficient (Wildman–Crippen LogP) is 2.79. The predicted molar refractivity (Wildman–Crippen MR) is 78.1 cm³/mol. The van der Waals surface area contributed by atoms with Gasteiger partial charge in [0.2, 0.25) is 0 Å². The first-order valence-electron chi connectivity index (χ1n) is 6.68. The molecule has 0 bridgehead atoms. The lowest BCUT2D eigenvalue weighted by Gasteiger charge is -2.21. The van der Waals surface area contributed by atoms with Crippen LogP contribution in [0.4, 0.5) is 8.78 Å². The zero-order valence-corrected chi connectivity index (χ0v) is 14.1. The fraction of sp³-hybridized carbons (Fsp3) is 0.643. The summed E-state index contributed by atoms with van der Waals surface area (Å²) >= 11 is 0. The van der Waals surface area contributed by atoms with Crippen molar-refractivity contribution in [2.75, 3.05) is 12.9 Å². The summed E-state index contributed by atoms with van der Waals surface area (Å²) in [6, 6.07) is 1.36. The molecule has 1 heterocycles. The molecule has 1 atom stereocenters. The Morgan fingerprint density at radius 2 is 1.91 bits per heavy atom. The molecule has 0 aliphatic carbocycles. The summed E-state index contributed by atoms with van der Waals surface area (Å²) in [5.41, 5.74) is -0.0255. The van der Waals surface area contributed by atoms with E-state index in [4.69, 9.17) is 4.74 Å². The maximum Gasteiger partial charge on any atom is 0.345 e. The molecule has 0 N–H and O–H groups in total. The van der Waals surface area contributed by atoms with Crippen LogP contribution in [-0.4, -0.2) is 39.0 Å². The molecule has 1 aromatic heterocycles. The van der Waals surface area contributed by atoms with Crippen molar-refractivity contribution in [2.24, 2.45) is 0 Å². The van der Waals surface area contributed by atoms with Crippen LogP contribution in [0.5, 0.6) is 5.75 Å². The van der Waals surface area contributed by atoms with Crippen LogP contribution in [-0.2, 0) is 20.0 Å². The third-order valence-electron chi connectivity index (χ3n) is 2.76. The van der Waals surface area contributed by atoms with Gasteiger partial charge < -0.3 is 9.47 Å². The monoisotopic (exact) mass is 337 g/mol. The molecule has 1 aromatic rings. The van der Waals surface area contributed by atoms with E-state index >= 15 is 0 Å². The van der Waals surface area contributed by atoms with Crippen molar-refractivity contribution in [3.05, 3.63) is 18.0 Å². The average molecular weight is 337 g/mol. The normalized spacial score (nSPS) is 14.2. The van der Waals surface area contributed by atoms with E-state index in [9.17, 15) is 17.2 Å². The maximum absolute atomic E-state index is 12.0. The Balaban J connectivity index is 3.01. The highest BCUT2D eigenvalue weighted by Gasteiger charge is 2.25. The van der Waals surface area contributed by atoms with E-state index in [0.717, 1.165) is 6.26 Å². The standard InChI is InChI=1S/C14H21F2NO4S/c1-9(21-13(15)16)8-20-10-6-11(22(5,18)19)12(17-7-10)14(2,3)4/h6-7,9,13H,8H2,1-5H3/t9-/m0/s1. The number of hydrogen-bond donors (Lipinski definition) is 0. The largest absolute Gasteiger partial charge is 0.489 e. The second kappa shape index (κ2) is 6.87. The van der Waals surface area contributed by atoms with Gasteiger partial charge in [0.05, 0.1) is 22.9 Å². The minimum absolute atomic E-state index is 0.0694. The van der Waals surface area contributed by atoms with E-state index in [-0.39, 0.29) is 17.3 Å². The van der Waals surface area contributed by atoms with Gasteiger partial charge in [0.1, 0.15) is 12.4 Å². The van der Waals surface area contributed by atoms with E-state index in [1.807, 2.05) is 20.8 Å². The van der Waals surface area contributed by atoms with Crippen LogP contribution in [0.2, 0.25) is 0 Å². The van der Waals surface area contributed by atoms with Gasteiger partial charge in [0, 0.05) is 17.7 Å². The maximum atomic E-state index is 12.0. The van der Waals surface area contributed by atoms with Gasteiger partial charge in [0.15, 0.2) is 9.84 Å². The highest BCUT2D eigenvalue weighted by atomic mass is 32.2. The Morgan fingerprint density at radius 3 is 2.36 bits per heavy atom. The van der Waals surface area contributed by atoms with E-state index in [2.05, 4.69) is 9.72 Å². The van der Waals surface area contributed by atoms with Crippen molar-refractivity contribution in [3.8, 4) is 5.75 Å². The molecule has 0 spiro atoms. The molecule has 0 aromatic carbocycles. The Morgan fingerprint density at radius 1 is 1.32 bits per heavy atom.